The molecule has 4 heteroatoms. The second kappa shape index (κ2) is 7.65. The minimum Gasteiger partial charge on any atom is -0.396 e. The Morgan fingerprint density at radius 1 is 0.938 bits per heavy atom. The number of benzene rings is 1. The number of aliphatic hydroxyl groups is 2. The van der Waals surface area contributed by atoms with Crippen molar-refractivity contribution >= 4 is 21.6 Å². The van der Waals surface area contributed by atoms with Gasteiger partial charge in [-0.1, -0.05) is 15.9 Å². The summed E-state index contributed by atoms with van der Waals surface area (Å²) in [6, 6.07) is 8.08. The molecular formula is C12H18BrNO2. The summed E-state index contributed by atoms with van der Waals surface area (Å²) in [5.74, 6) is 0. The number of halogens is 1. The molecule has 3 nitrogen and oxygen atoms in total. The van der Waals surface area contributed by atoms with Gasteiger partial charge in [0, 0.05) is 36.5 Å². The molecule has 0 aliphatic carbocycles. The van der Waals surface area contributed by atoms with E-state index in [1.165, 1.54) is 0 Å². The molecule has 1 rings (SSSR count). The number of hydrogen-bond donors (Lipinski definition) is 2. The molecule has 0 fully saturated rings. The van der Waals surface area contributed by atoms with Crippen LogP contribution in [0.5, 0.6) is 0 Å². The van der Waals surface area contributed by atoms with E-state index >= 15 is 0 Å². The third-order valence-electron chi connectivity index (χ3n) is 2.36. The van der Waals surface area contributed by atoms with E-state index in [1.807, 2.05) is 24.3 Å². The minimum atomic E-state index is 0.201. The average molecular weight is 288 g/mol. The lowest BCUT2D eigenvalue weighted by Crippen LogP contribution is -2.26. The molecule has 16 heavy (non-hydrogen) atoms. The highest BCUT2D eigenvalue weighted by Gasteiger charge is 2.05. The first-order valence-corrected chi connectivity index (χ1v) is 6.29. The monoisotopic (exact) mass is 287 g/mol. The van der Waals surface area contributed by atoms with Crippen LogP contribution in [0.3, 0.4) is 0 Å². The first kappa shape index (κ1) is 13.5. The van der Waals surface area contributed by atoms with Gasteiger partial charge in [0.1, 0.15) is 0 Å². The van der Waals surface area contributed by atoms with Crippen LogP contribution in [0.1, 0.15) is 12.8 Å². The van der Waals surface area contributed by atoms with E-state index in [4.69, 9.17) is 10.2 Å². The Morgan fingerprint density at radius 2 is 1.44 bits per heavy atom. The zero-order valence-corrected chi connectivity index (χ0v) is 10.9. The summed E-state index contributed by atoms with van der Waals surface area (Å²) in [6.07, 6.45) is 1.50. The molecule has 0 aliphatic heterocycles. The zero-order chi connectivity index (χ0) is 11.8. The number of anilines is 1. The van der Waals surface area contributed by atoms with Crippen molar-refractivity contribution in [3.8, 4) is 0 Å². The maximum absolute atomic E-state index is 8.85. The van der Waals surface area contributed by atoms with Gasteiger partial charge in [-0.25, -0.2) is 0 Å². The number of aliphatic hydroxyl groups excluding tert-OH is 2. The van der Waals surface area contributed by atoms with Gasteiger partial charge < -0.3 is 15.1 Å². The van der Waals surface area contributed by atoms with Gasteiger partial charge in [-0.05, 0) is 37.1 Å². The van der Waals surface area contributed by atoms with Gasteiger partial charge in [-0.2, -0.15) is 0 Å². The SMILES string of the molecule is OCCCN(CCCO)c1ccc(Br)cc1. The van der Waals surface area contributed by atoms with Crippen LogP contribution < -0.4 is 4.90 Å². The van der Waals surface area contributed by atoms with Crippen molar-refractivity contribution in [2.45, 2.75) is 12.8 Å². The van der Waals surface area contributed by atoms with E-state index in [2.05, 4.69) is 20.8 Å². The highest BCUT2D eigenvalue weighted by Crippen LogP contribution is 2.18. The van der Waals surface area contributed by atoms with Crippen LogP contribution in [-0.4, -0.2) is 36.5 Å². The molecule has 0 radical (unpaired) electrons. The molecule has 1 aromatic carbocycles. The largest absolute Gasteiger partial charge is 0.396 e. The van der Waals surface area contributed by atoms with E-state index < -0.39 is 0 Å². The molecule has 0 saturated carbocycles. The van der Waals surface area contributed by atoms with Crippen molar-refractivity contribution in [1.82, 2.24) is 0 Å². The van der Waals surface area contributed by atoms with E-state index in [-0.39, 0.29) is 13.2 Å². The zero-order valence-electron chi connectivity index (χ0n) is 9.27. The Morgan fingerprint density at radius 3 is 1.88 bits per heavy atom. The fraction of sp³-hybridized carbons (Fsp3) is 0.500. The molecule has 0 aliphatic rings. The number of rotatable bonds is 7. The van der Waals surface area contributed by atoms with Crippen molar-refractivity contribution in [2.75, 3.05) is 31.2 Å². The second-order valence-corrected chi connectivity index (χ2v) is 4.53. The smallest absolute Gasteiger partial charge is 0.0447 e. The third-order valence-corrected chi connectivity index (χ3v) is 2.89. The first-order valence-electron chi connectivity index (χ1n) is 5.50. The van der Waals surface area contributed by atoms with Crippen LogP contribution in [0, 0.1) is 0 Å². The number of nitrogens with zero attached hydrogens (tertiary/aromatic N) is 1. The van der Waals surface area contributed by atoms with Crippen molar-refractivity contribution in [3.05, 3.63) is 28.7 Å². The Balaban J connectivity index is 2.62. The fourth-order valence-corrected chi connectivity index (χ4v) is 1.81. The van der Waals surface area contributed by atoms with E-state index in [0.29, 0.717) is 0 Å². The van der Waals surface area contributed by atoms with Crippen molar-refractivity contribution in [1.29, 1.82) is 0 Å². The van der Waals surface area contributed by atoms with Gasteiger partial charge >= 0.3 is 0 Å². The Bertz CT molecular complexity index is 282. The molecule has 0 spiro atoms. The first-order chi connectivity index (χ1) is 7.77. The summed E-state index contributed by atoms with van der Waals surface area (Å²) in [6.45, 7) is 2.04. The molecule has 0 atom stereocenters. The summed E-state index contributed by atoms with van der Waals surface area (Å²) in [5, 5.41) is 17.7. The molecular weight excluding hydrogens is 270 g/mol. The Labute approximate surface area is 105 Å². The highest BCUT2D eigenvalue weighted by molar-refractivity contribution is 9.10. The van der Waals surface area contributed by atoms with E-state index in [9.17, 15) is 0 Å². The maximum Gasteiger partial charge on any atom is 0.0447 e. The predicted molar refractivity (Wildman–Crippen MR) is 69.8 cm³/mol. The standard InChI is InChI=1S/C12H18BrNO2/c13-11-3-5-12(6-4-11)14(7-1-9-15)8-2-10-16/h3-6,15-16H,1-2,7-10H2. The van der Waals surface area contributed by atoms with Crippen LogP contribution >= 0.6 is 15.9 Å². The van der Waals surface area contributed by atoms with Gasteiger partial charge in [0.15, 0.2) is 0 Å². The Hall–Kier alpha value is -0.580. The van der Waals surface area contributed by atoms with Crippen LogP contribution in [0.15, 0.2) is 28.7 Å². The van der Waals surface area contributed by atoms with Crippen molar-refractivity contribution in [3.63, 3.8) is 0 Å². The third kappa shape index (κ3) is 4.51. The van der Waals surface area contributed by atoms with Crippen molar-refractivity contribution in [2.24, 2.45) is 0 Å². The van der Waals surface area contributed by atoms with Crippen LogP contribution in [0.2, 0.25) is 0 Å². The highest BCUT2D eigenvalue weighted by atomic mass is 79.9. The molecule has 0 aromatic heterocycles. The number of hydrogen-bond acceptors (Lipinski definition) is 3. The molecule has 0 bridgehead atoms. The van der Waals surface area contributed by atoms with Crippen molar-refractivity contribution < 1.29 is 10.2 Å². The molecule has 0 amide bonds. The molecule has 0 saturated heterocycles. The lowest BCUT2D eigenvalue weighted by molar-refractivity contribution is 0.282. The molecule has 0 heterocycles. The quantitative estimate of drug-likeness (QED) is 0.806. The van der Waals surface area contributed by atoms with Gasteiger partial charge in [0.2, 0.25) is 0 Å². The van der Waals surface area contributed by atoms with E-state index in [0.717, 1.165) is 36.1 Å². The van der Waals surface area contributed by atoms with Gasteiger partial charge in [0.05, 0.1) is 0 Å². The summed E-state index contributed by atoms with van der Waals surface area (Å²) in [4.78, 5) is 2.18. The molecule has 90 valence electrons. The summed E-state index contributed by atoms with van der Waals surface area (Å²) < 4.78 is 1.06. The lowest BCUT2D eigenvalue weighted by atomic mass is 10.2. The summed E-state index contributed by atoms with van der Waals surface area (Å²) >= 11 is 3.40. The summed E-state index contributed by atoms with van der Waals surface area (Å²) in [5.41, 5.74) is 1.13. The normalized spacial score (nSPS) is 10.4. The summed E-state index contributed by atoms with van der Waals surface area (Å²) in [7, 11) is 0. The maximum atomic E-state index is 8.85. The topological polar surface area (TPSA) is 43.7 Å². The van der Waals surface area contributed by atoms with Gasteiger partial charge in [-0.3, -0.25) is 0 Å². The van der Waals surface area contributed by atoms with Crippen LogP contribution in [0.4, 0.5) is 5.69 Å². The molecule has 1 aromatic rings. The Kier molecular flexibility index (Phi) is 6.45. The predicted octanol–water partition coefficient (Wildman–Crippen LogP) is 2.02. The lowest BCUT2D eigenvalue weighted by Gasteiger charge is -2.24. The van der Waals surface area contributed by atoms with E-state index in [1.54, 1.807) is 0 Å². The fourth-order valence-electron chi connectivity index (χ4n) is 1.55. The molecule has 2 N–H and O–H groups in total. The van der Waals surface area contributed by atoms with Crippen LogP contribution in [0.25, 0.3) is 0 Å². The minimum absolute atomic E-state index is 0.201. The second-order valence-electron chi connectivity index (χ2n) is 3.62. The van der Waals surface area contributed by atoms with Crippen LogP contribution in [-0.2, 0) is 0 Å². The molecule has 0 unspecified atom stereocenters. The average Bonchev–Trinajstić information content (AvgIpc) is 2.31. The van der Waals surface area contributed by atoms with Gasteiger partial charge in [-0.15, -0.1) is 0 Å². The van der Waals surface area contributed by atoms with Gasteiger partial charge in [0.25, 0.3) is 0 Å².